The van der Waals surface area contributed by atoms with E-state index in [1.165, 1.54) is 6.08 Å². The highest BCUT2D eigenvalue weighted by Crippen LogP contribution is 2.33. The van der Waals surface area contributed by atoms with Crippen molar-refractivity contribution in [3.8, 4) is 0 Å². The molecule has 1 aliphatic heterocycles. The smallest absolute Gasteiger partial charge is 0.391 e. The predicted molar refractivity (Wildman–Crippen MR) is 52.0 cm³/mol. The van der Waals surface area contributed by atoms with Gasteiger partial charge in [0, 0.05) is 12.6 Å². The lowest BCUT2D eigenvalue weighted by Crippen LogP contribution is -2.38. The molecule has 0 unspecified atom stereocenters. The first kappa shape index (κ1) is 13.0. The number of piperidine rings is 1. The molecule has 1 saturated heterocycles. The second kappa shape index (κ2) is 5.34. The zero-order valence-electron chi connectivity index (χ0n) is 8.70. The Hall–Kier alpha value is -1.04. The normalized spacial score (nSPS) is 20.4. The monoisotopic (exact) mass is 237 g/mol. The van der Waals surface area contributed by atoms with Gasteiger partial charge >= 0.3 is 12.1 Å². The topological polar surface area (TPSA) is 40.5 Å². The minimum Gasteiger partial charge on any atom is -0.478 e. The van der Waals surface area contributed by atoms with Crippen LogP contribution >= 0.6 is 0 Å². The van der Waals surface area contributed by atoms with Crippen molar-refractivity contribution >= 4 is 5.97 Å². The number of hydrogen-bond acceptors (Lipinski definition) is 2. The van der Waals surface area contributed by atoms with Gasteiger partial charge in [-0.2, -0.15) is 13.2 Å². The van der Waals surface area contributed by atoms with Crippen molar-refractivity contribution in [2.24, 2.45) is 5.92 Å². The third kappa shape index (κ3) is 4.22. The number of likely N-dealkylation sites (tertiary alicyclic amines) is 1. The van der Waals surface area contributed by atoms with Gasteiger partial charge in [-0.25, -0.2) is 4.79 Å². The van der Waals surface area contributed by atoms with Crippen LogP contribution in [0.5, 0.6) is 0 Å². The van der Waals surface area contributed by atoms with Crippen LogP contribution < -0.4 is 0 Å². The number of nitrogens with zero attached hydrogens (tertiary/aromatic N) is 1. The average molecular weight is 237 g/mol. The van der Waals surface area contributed by atoms with E-state index < -0.39 is 18.1 Å². The fraction of sp³-hybridized carbons (Fsp3) is 0.700. The van der Waals surface area contributed by atoms with E-state index in [9.17, 15) is 18.0 Å². The van der Waals surface area contributed by atoms with E-state index >= 15 is 0 Å². The molecule has 0 amide bonds. The Kier molecular flexibility index (Phi) is 4.35. The number of carbonyl (C=O) groups is 1. The van der Waals surface area contributed by atoms with Crippen molar-refractivity contribution in [2.45, 2.75) is 19.0 Å². The van der Waals surface area contributed by atoms with Crippen LogP contribution in [0, 0.1) is 5.92 Å². The van der Waals surface area contributed by atoms with Crippen LogP contribution in [-0.2, 0) is 4.79 Å². The van der Waals surface area contributed by atoms with Gasteiger partial charge < -0.3 is 5.11 Å². The number of carboxylic acids is 1. The van der Waals surface area contributed by atoms with E-state index in [0.717, 1.165) is 6.08 Å². The summed E-state index contributed by atoms with van der Waals surface area (Å²) < 4.78 is 36.9. The van der Waals surface area contributed by atoms with E-state index in [1.807, 2.05) is 4.90 Å². The fourth-order valence-corrected chi connectivity index (χ4v) is 1.75. The van der Waals surface area contributed by atoms with Crippen LogP contribution in [0.15, 0.2) is 12.2 Å². The largest absolute Gasteiger partial charge is 0.478 e. The number of carboxylic acid groups (broad SMARTS) is 1. The van der Waals surface area contributed by atoms with Crippen molar-refractivity contribution in [1.82, 2.24) is 4.90 Å². The molecule has 0 bridgehead atoms. The van der Waals surface area contributed by atoms with Gasteiger partial charge in [0.2, 0.25) is 0 Å². The summed E-state index contributed by atoms with van der Waals surface area (Å²) in [5.41, 5.74) is 0. The number of alkyl halides is 3. The molecule has 1 rings (SSSR count). The zero-order valence-corrected chi connectivity index (χ0v) is 8.70. The minimum absolute atomic E-state index is 0.102. The maximum Gasteiger partial charge on any atom is 0.391 e. The van der Waals surface area contributed by atoms with E-state index in [1.54, 1.807) is 0 Å². The van der Waals surface area contributed by atoms with Crippen LogP contribution in [0.3, 0.4) is 0 Å². The molecular weight excluding hydrogens is 223 g/mol. The molecule has 0 spiro atoms. The number of rotatable bonds is 3. The van der Waals surface area contributed by atoms with Crippen LogP contribution in [0.2, 0.25) is 0 Å². The molecule has 6 heteroatoms. The first-order valence-corrected chi connectivity index (χ1v) is 5.08. The predicted octanol–water partition coefficient (Wildman–Crippen LogP) is 1.90. The summed E-state index contributed by atoms with van der Waals surface area (Å²) in [6.07, 6.45) is -1.43. The minimum atomic E-state index is -4.09. The van der Waals surface area contributed by atoms with Crippen molar-refractivity contribution in [3.05, 3.63) is 12.2 Å². The summed E-state index contributed by atoms with van der Waals surface area (Å²) in [5.74, 6) is -2.24. The molecule has 92 valence electrons. The fourth-order valence-electron chi connectivity index (χ4n) is 1.75. The lowest BCUT2D eigenvalue weighted by molar-refractivity contribution is -0.184. The Morgan fingerprint density at radius 2 is 1.94 bits per heavy atom. The molecule has 3 nitrogen and oxygen atoms in total. The SMILES string of the molecule is O=C(O)/C=C/CN1CCC(C(F)(F)F)CC1. The summed E-state index contributed by atoms with van der Waals surface area (Å²) in [6, 6.07) is 0. The summed E-state index contributed by atoms with van der Waals surface area (Å²) >= 11 is 0. The van der Waals surface area contributed by atoms with Gasteiger partial charge in [0.15, 0.2) is 0 Å². The molecule has 0 aromatic rings. The van der Waals surface area contributed by atoms with Gasteiger partial charge in [-0.3, -0.25) is 4.90 Å². The Morgan fingerprint density at radius 1 is 1.38 bits per heavy atom. The van der Waals surface area contributed by atoms with E-state index in [4.69, 9.17) is 5.11 Å². The Labute approximate surface area is 91.5 Å². The second-order valence-electron chi connectivity index (χ2n) is 3.86. The van der Waals surface area contributed by atoms with Gasteiger partial charge in [0.1, 0.15) is 0 Å². The van der Waals surface area contributed by atoms with Crippen LogP contribution in [0.4, 0.5) is 13.2 Å². The number of halogens is 3. The van der Waals surface area contributed by atoms with Crippen molar-refractivity contribution < 1.29 is 23.1 Å². The standard InChI is InChI=1S/C10H14F3NO2/c11-10(12,13)8-3-6-14(7-4-8)5-1-2-9(15)16/h1-2,8H,3-7H2,(H,15,16)/b2-1+. The molecule has 0 aliphatic carbocycles. The van der Waals surface area contributed by atoms with Crippen molar-refractivity contribution in [1.29, 1.82) is 0 Å². The van der Waals surface area contributed by atoms with Crippen LogP contribution in [-0.4, -0.2) is 41.8 Å². The molecule has 0 saturated carbocycles. The summed E-state index contributed by atoms with van der Waals surface area (Å²) in [7, 11) is 0. The zero-order chi connectivity index (χ0) is 12.2. The molecule has 0 radical (unpaired) electrons. The van der Waals surface area contributed by atoms with Crippen molar-refractivity contribution in [3.63, 3.8) is 0 Å². The maximum atomic E-state index is 12.3. The molecular formula is C10H14F3NO2. The highest BCUT2D eigenvalue weighted by Gasteiger charge is 2.40. The third-order valence-electron chi connectivity index (χ3n) is 2.67. The van der Waals surface area contributed by atoms with Crippen LogP contribution in [0.25, 0.3) is 0 Å². The Morgan fingerprint density at radius 3 is 2.38 bits per heavy atom. The highest BCUT2D eigenvalue weighted by molar-refractivity contribution is 5.79. The quantitative estimate of drug-likeness (QED) is 0.762. The number of hydrogen-bond donors (Lipinski definition) is 1. The number of aliphatic carboxylic acids is 1. The third-order valence-corrected chi connectivity index (χ3v) is 2.67. The lowest BCUT2D eigenvalue weighted by atomic mass is 9.96. The van der Waals surface area contributed by atoms with Gasteiger partial charge in [0.05, 0.1) is 5.92 Å². The molecule has 1 heterocycles. The molecule has 1 fully saturated rings. The average Bonchev–Trinajstić information content (AvgIpc) is 2.16. The van der Waals surface area contributed by atoms with Crippen molar-refractivity contribution in [2.75, 3.05) is 19.6 Å². The lowest BCUT2D eigenvalue weighted by Gasteiger charge is -2.32. The van der Waals surface area contributed by atoms with Gasteiger partial charge in [-0.1, -0.05) is 6.08 Å². The molecule has 16 heavy (non-hydrogen) atoms. The van der Waals surface area contributed by atoms with Gasteiger partial charge in [0.25, 0.3) is 0 Å². The van der Waals surface area contributed by atoms with E-state index in [-0.39, 0.29) is 12.8 Å². The maximum absolute atomic E-state index is 12.3. The molecule has 1 aliphatic rings. The Balaban J connectivity index is 2.30. The summed E-state index contributed by atoms with van der Waals surface area (Å²) in [6.45, 7) is 1.14. The summed E-state index contributed by atoms with van der Waals surface area (Å²) in [5, 5.41) is 8.34. The van der Waals surface area contributed by atoms with Gasteiger partial charge in [-0.05, 0) is 25.9 Å². The van der Waals surface area contributed by atoms with Crippen LogP contribution in [0.1, 0.15) is 12.8 Å². The highest BCUT2D eigenvalue weighted by atomic mass is 19.4. The van der Waals surface area contributed by atoms with Gasteiger partial charge in [-0.15, -0.1) is 0 Å². The molecule has 0 aromatic carbocycles. The first-order valence-electron chi connectivity index (χ1n) is 5.08. The molecule has 0 aromatic heterocycles. The molecule has 0 atom stereocenters. The second-order valence-corrected chi connectivity index (χ2v) is 3.86. The first-order chi connectivity index (χ1) is 7.39. The Bertz CT molecular complexity index is 268. The summed E-state index contributed by atoms with van der Waals surface area (Å²) in [4.78, 5) is 12.0. The van der Waals surface area contributed by atoms with E-state index in [2.05, 4.69) is 0 Å². The van der Waals surface area contributed by atoms with E-state index in [0.29, 0.717) is 19.6 Å². The molecule has 1 N–H and O–H groups in total.